The molecule has 1 unspecified atom stereocenters. The van der Waals surface area contributed by atoms with Gasteiger partial charge in [0.05, 0.1) is 16.8 Å². The Morgan fingerprint density at radius 1 is 1.09 bits per heavy atom. The van der Waals surface area contributed by atoms with Gasteiger partial charge in [-0.05, 0) is 37.3 Å². The molecular formula is C18H25NO3. The SMILES string of the molecule is CC(=O)N(c1ccccc1C(=O)O)C1(C)CCCCC1(C)C. The molecule has 1 aromatic rings. The molecule has 0 saturated heterocycles. The van der Waals surface area contributed by atoms with E-state index in [0.29, 0.717) is 5.69 Å². The van der Waals surface area contributed by atoms with Gasteiger partial charge in [-0.2, -0.15) is 0 Å². The number of carbonyl (C=O) groups excluding carboxylic acids is 1. The van der Waals surface area contributed by atoms with Gasteiger partial charge in [0, 0.05) is 6.92 Å². The fourth-order valence-corrected chi connectivity index (χ4v) is 3.69. The third-order valence-electron chi connectivity index (χ3n) is 5.36. The molecule has 1 saturated carbocycles. The second kappa shape index (κ2) is 5.75. The Hall–Kier alpha value is -1.84. The van der Waals surface area contributed by atoms with Crippen molar-refractivity contribution in [3.63, 3.8) is 0 Å². The summed E-state index contributed by atoms with van der Waals surface area (Å²) in [6.45, 7) is 7.96. The summed E-state index contributed by atoms with van der Waals surface area (Å²) < 4.78 is 0. The van der Waals surface area contributed by atoms with Crippen molar-refractivity contribution in [2.45, 2.75) is 58.9 Å². The molecule has 0 bridgehead atoms. The average molecular weight is 303 g/mol. The van der Waals surface area contributed by atoms with Crippen LogP contribution in [0.2, 0.25) is 0 Å². The van der Waals surface area contributed by atoms with Crippen LogP contribution >= 0.6 is 0 Å². The molecule has 2 rings (SSSR count). The van der Waals surface area contributed by atoms with Crippen LogP contribution in [-0.2, 0) is 4.79 Å². The number of carbonyl (C=O) groups is 2. The predicted octanol–water partition coefficient (Wildman–Crippen LogP) is 4.10. The Morgan fingerprint density at radius 2 is 1.68 bits per heavy atom. The van der Waals surface area contributed by atoms with Gasteiger partial charge in [0.2, 0.25) is 5.91 Å². The smallest absolute Gasteiger partial charge is 0.337 e. The second-order valence-corrected chi connectivity index (χ2v) is 7.04. The first-order valence-electron chi connectivity index (χ1n) is 7.84. The molecule has 4 nitrogen and oxygen atoms in total. The summed E-state index contributed by atoms with van der Waals surface area (Å²) in [4.78, 5) is 25.7. The van der Waals surface area contributed by atoms with Crippen LogP contribution in [0.15, 0.2) is 24.3 Å². The highest BCUT2D eigenvalue weighted by molar-refractivity contribution is 6.02. The van der Waals surface area contributed by atoms with Gasteiger partial charge in [-0.25, -0.2) is 4.79 Å². The first-order chi connectivity index (χ1) is 10.2. The van der Waals surface area contributed by atoms with Gasteiger partial charge in [0.1, 0.15) is 0 Å². The van der Waals surface area contributed by atoms with Gasteiger partial charge in [0.25, 0.3) is 0 Å². The maximum Gasteiger partial charge on any atom is 0.337 e. The molecule has 1 N–H and O–H groups in total. The fraction of sp³-hybridized carbons (Fsp3) is 0.556. The third kappa shape index (κ3) is 2.62. The Morgan fingerprint density at radius 3 is 2.23 bits per heavy atom. The van der Waals surface area contributed by atoms with E-state index in [1.165, 1.54) is 6.92 Å². The van der Waals surface area contributed by atoms with E-state index in [0.717, 1.165) is 25.7 Å². The molecule has 1 aliphatic rings. The molecule has 1 amide bonds. The fourth-order valence-electron chi connectivity index (χ4n) is 3.69. The highest BCUT2D eigenvalue weighted by Gasteiger charge is 2.49. The standard InChI is InChI=1S/C18H25NO3/c1-13(20)19(15-10-6-5-9-14(15)16(21)22)18(4)12-8-7-11-17(18,2)3/h5-6,9-10H,7-8,11-12H2,1-4H3,(H,21,22). The first kappa shape index (κ1) is 16.5. The van der Waals surface area contributed by atoms with Crippen molar-refractivity contribution in [1.29, 1.82) is 0 Å². The van der Waals surface area contributed by atoms with Crippen molar-refractivity contribution in [1.82, 2.24) is 0 Å². The monoisotopic (exact) mass is 303 g/mol. The van der Waals surface area contributed by atoms with Gasteiger partial charge in [-0.3, -0.25) is 4.79 Å². The van der Waals surface area contributed by atoms with Crippen molar-refractivity contribution < 1.29 is 14.7 Å². The number of para-hydroxylation sites is 1. The number of rotatable bonds is 3. The number of anilines is 1. The van der Waals surface area contributed by atoms with Crippen LogP contribution in [0.4, 0.5) is 5.69 Å². The Labute approximate surface area is 132 Å². The quantitative estimate of drug-likeness (QED) is 0.914. The van der Waals surface area contributed by atoms with E-state index in [9.17, 15) is 14.7 Å². The lowest BCUT2D eigenvalue weighted by Gasteiger charge is -2.54. The lowest BCUT2D eigenvalue weighted by Crippen LogP contribution is -2.60. The summed E-state index contributed by atoms with van der Waals surface area (Å²) in [6, 6.07) is 6.78. The zero-order chi connectivity index (χ0) is 16.5. The summed E-state index contributed by atoms with van der Waals surface area (Å²) in [5.74, 6) is -1.11. The summed E-state index contributed by atoms with van der Waals surface area (Å²) in [5, 5.41) is 9.47. The Kier molecular flexibility index (Phi) is 4.32. The van der Waals surface area contributed by atoms with E-state index in [-0.39, 0.29) is 22.4 Å². The van der Waals surface area contributed by atoms with Crippen molar-refractivity contribution in [3.8, 4) is 0 Å². The molecule has 1 fully saturated rings. The summed E-state index contributed by atoms with van der Waals surface area (Å²) in [5.41, 5.74) is 0.228. The molecule has 0 radical (unpaired) electrons. The molecule has 22 heavy (non-hydrogen) atoms. The number of carboxylic acids is 1. The normalized spacial score (nSPS) is 23.8. The van der Waals surface area contributed by atoms with Crippen molar-refractivity contribution in [2.75, 3.05) is 4.90 Å². The Bertz CT molecular complexity index is 594. The summed E-state index contributed by atoms with van der Waals surface area (Å²) in [7, 11) is 0. The van der Waals surface area contributed by atoms with Crippen molar-refractivity contribution in [3.05, 3.63) is 29.8 Å². The highest BCUT2D eigenvalue weighted by Crippen LogP contribution is 2.49. The van der Waals surface area contributed by atoms with Gasteiger partial charge in [0.15, 0.2) is 0 Å². The topological polar surface area (TPSA) is 57.6 Å². The maximum absolute atomic E-state index is 12.4. The molecule has 4 heteroatoms. The van der Waals surface area contributed by atoms with E-state index in [2.05, 4.69) is 20.8 Å². The summed E-state index contributed by atoms with van der Waals surface area (Å²) >= 11 is 0. The third-order valence-corrected chi connectivity index (χ3v) is 5.36. The van der Waals surface area contributed by atoms with E-state index < -0.39 is 5.97 Å². The van der Waals surface area contributed by atoms with Gasteiger partial charge < -0.3 is 10.0 Å². The minimum Gasteiger partial charge on any atom is -0.478 e. The highest BCUT2D eigenvalue weighted by atomic mass is 16.4. The molecule has 120 valence electrons. The van der Waals surface area contributed by atoms with Crippen LogP contribution in [0.1, 0.15) is 63.7 Å². The molecular weight excluding hydrogens is 278 g/mol. The number of nitrogens with zero attached hydrogens (tertiary/aromatic N) is 1. The molecule has 0 aromatic heterocycles. The first-order valence-corrected chi connectivity index (χ1v) is 7.84. The number of benzene rings is 1. The van der Waals surface area contributed by atoms with Crippen LogP contribution in [-0.4, -0.2) is 22.5 Å². The Balaban J connectivity index is 2.61. The van der Waals surface area contributed by atoms with Crippen molar-refractivity contribution in [2.24, 2.45) is 5.41 Å². The minimum absolute atomic E-state index is 0.0669. The molecule has 0 aliphatic heterocycles. The lowest BCUT2D eigenvalue weighted by atomic mass is 9.63. The van der Waals surface area contributed by atoms with Crippen LogP contribution in [0.25, 0.3) is 0 Å². The lowest BCUT2D eigenvalue weighted by molar-refractivity contribution is -0.119. The summed E-state index contributed by atoms with van der Waals surface area (Å²) in [6.07, 6.45) is 4.11. The van der Waals surface area contributed by atoms with E-state index >= 15 is 0 Å². The number of aromatic carboxylic acids is 1. The van der Waals surface area contributed by atoms with Gasteiger partial charge >= 0.3 is 5.97 Å². The molecule has 0 spiro atoms. The van der Waals surface area contributed by atoms with Gasteiger partial charge in [-0.15, -0.1) is 0 Å². The van der Waals surface area contributed by atoms with E-state index in [4.69, 9.17) is 0 Å². The van der Waals surface area contributed by atoms with Crippen LogP contribution < -0.4 is 4.90 Å². The predicted molar refractivity (Wildman–Crippen MR) is 87.2 cm³/mol. The maximum atomic E-state index is 12.4. The minimum atomic E-state index is -1.00. The van der Waals surface area contributed by atoms with Crippen LogP contribution in [0.5, 0.6) is 0 Å². The number of hydrogen-bond donors (Lipinski definition) is 1. The average Bonchev–Trinajstić information content (AvgIpc) is 2.42. The molecule has 1 aromatic carbocycles. The zero-order valence-electron chi connectivity index (χ0n) is 13.8. The van der Waals surface area contributed by atoms with Gasteiger partial charge in [-0.1, -0.05) is 38.8 Å². The second-order valence-electron chi connectivity index (χ2n) is 7.04. The van der Waals surface area contributed by atoms with E-state index in [1.807, 2.05) is 0 Å². The van der Waals surface area contributed by atoms with E-state index in [1.54, 1.807) is 29.2 Å². The van der Waals surface area contributed by atoms with Crippen LogP contribution in [0.3, 0.4) is 0 Å². The largest absolute Gasteiger partial charge is 0.478 e. The van der Waals surface area contributed by atoms with Crippen molar-refractivity contribution >= 4 is 17.6 Å². The molecule has 0 heterocycles. The molecule has 1 atom stereocenters. The molecule has 1 aliphatic carbocycles. The zero-order valence-corrected chi connectivity index (χ0v) is 13.8. The number of amides is 1. The number of carboxylic acid groups (broad SMARTS) is 1. The number of hydrogen-bond acceptors (Lipinski definition) is 2. The van der Waals surface area contributed by atoms with Crippen LogP contribution in [0, 0.1) is 5.41 Å².